The molecule has 4 aliphatic carbocycles. The molecule has 5 unspecified atom stereocenters. The number of epoxide rings is 1. The molecule has 2 heterocycles. The van der Waals surface area contributed by atoms with E-state index < -0.39 is 0 Å². The summed E-state index contributed by atoms with van der Waals surface area (Å²) < 4.78 is 12.2. The van der Waals surface area contributed by atoms with E-state index in [0.717, 1.165) is 44.1 Å². The smallest absolute Gasteiger partial charge is 0.336 e. The first kappa shape index (κ1) is 22.0. The van der Waals surface area contributed by atoms with E-state index in [1.165, 1.54) is 6.42 Å². The first-order valence-electron chi connectivity index (χ1n) is 13.1. The summed E-state index contributed by atoms with van der Waals surface area (Å²) in [5, 5.41) is 9.52. The van der Waals surface area contributed by atoms with E-state index in [1.54, 1.807) is 0 Å². The van der Waals surface area contributed by atoms with Crippen LogP contribution in [-0.4, -0.2) is 41.3 Å². The van der Waals surface area contributed by atoms with Crippen molar-refractivity contribution in [2.75, 3.05) is 6.61 Å². The Morgan fingerprint density at radius 3 is 2.70 bits per heavy atom. The number of carbonyl (C=O) groups excluding carboxylic acids is 2. The van der Waals surface area contributed by atoms with E-state index in [0.29, 0.717) is 29.2 Å². The molecule has 1 spiro atoms. The monoisotopic (exact) mass is 454 g/mol. The van der Waals surface area contributed by atoms with Crippen LogP contribution < -0.4 is 0 Å². The minimum atomic E-state index is -0.373. The number of allylic oxidation sites excluding steroid dienone is 1. The second-order valence-corrected chi connectivity index (χ2v) is 12.4. The molecule has 3 saturated carbocycles. The van der Waals surface area contributed by atoms with E-state index in [9.17, 15) is 14.7 Å². The Labute approximate surface area is 197 Å². The van der Waals surface area contributed by atoms with Gasteiger partial charge in [-0.15, -0.1) is 0 Å². The highest BCUT2D eigenvalue weighted by atomic mass is 16.6. The Bertz CT molecular complexity index is 965. The van der Waals surface area contributed by atoms with Crippen molar-refractivity contribution in [1.82, 2.24) is 0 Å². The Morgan fingerprint density at radius 2 is 1.97 bits per heavy atom. The topological polar surface area (TPSA) is 76.1 Å². The lowest BCUT2D eigenvalue weighted by molar-refractivity contribution is -0.153. The molecule has 1 saturated heterocycles. The summed E-state index contributed by atoms with van der Waals surface area (Å²) in [4.78, 5) is 25.7. The van der Waals surface area contributed by atoms with Gasteiger partial charge in [-0.25, -0.2) is 4.79 Å². The maximum atomic E-state index is 13.3. The quantitative estimate of drug-likeness (QED) is 0.506. The van der Waals surface area contributed by atoms with Gasteiger partial charge in [-0.3, -0.25) is 4.79 Å². The van der Waals surface area contributed by atoms with E-state index in [1.807, 2.05) is 19.1 Å². The van der Waals surface area contributed by atoms with Crippen molar-refractivity contribution in [2.45, 2.75) is 90.4 Å². The molecule has 180 valence electrons. The van der Waals surface area contributed by atoms with Crippen molar-refractivity contribution in [3.63, 3.8) is 0 Å². The van der Waals surface area contributed by atoms with E-state index in [4.69, 9.17) is 9.47 Å². The molecule has 10 atom stereocenters. The first-order chi connectivity index (χ1) is 15.7. The fraction of sp³-hybridized carbons (Fsp3) is 0.786. The zero-order chi connectivity index (χ0) is 23.3. The number of hydrogen-bond donors (Lipinski definition) is 1. The number of fused-ring (bicyclic) bond motifs is 4. The number of esters is 1. The van der Waals surface area contributed by atoms with Crippen molar-refractivity contribution in [1.29, 1.82) is 0 Å². The molecular weight excluding hydrogens is 416 g/mol. The van der Waals surface area contributed by atoms with Crippen molar-refractivity contribution in [3.05, 3.63) is 23.3 Å². The number of rotatable bonds is 3. The molecular formula is C28H38O5. The number of cyclic esters (lactones) is 1. The Balaban J connectivity index is 1.26. The summed E-state index contributed by atoms with van der Waals surface area (Å²) in [5.74, 6) is 2.28. The van der Waals surface area contributed by atoms with Gasteiger partial charge < -0.3 is 14.6 Å². The fourth-order valence-electron chi connectivity index (χ4n) is 9.61. The normalized spacial score (nSPS) is 51.3. The van der Waals surface area contributed by atoms with Crippen molar-refractivity contribution in [3.8, 4) is 0 Å². The second-order valence-electron chi connectivity index (χ2n) is 12.4. The number of ketones is 1. The Morgan fingerprint density at radius 1 is 1.18 bits per heavy atom. The third kappa shape index (κ3) is 2.67. The van der Waals surface area contributed by atoms with Crippen LogP contribution in [0, 0.1) is 40.4 Å². The summed E-state index contributed by atoms with van der Waals surface area (Å²) in [6.45, 7) is 8.68. The lowest BCUT2D eigenvalue weighted by Gasteiger charge is -2.57. The molecule has 0 radical (unpaired) electrons. The van der Waals surface area contributed by atoms with Crippen LogP contribution in [0.3, 0.4) is 0 Å². The Kier molecular flexibility index (Phi) is 4.70. The molecule has 2 aliphatic heterocycles. The van der Waals surface area contributed by atoms with E-state index in [2.05, 4.69) is 20.8 Å². The standard InChI is InChI=1S/C28H38O5/c1-15-12-22(32-25(31)18(15)14-29)16(2)19-7-8-20-17-13-24-28(33-24)10-5-6-23(30)27(28,4)21(17)9-11-26(19,20)3/h5-6,16-17,19-22,24,29H,7-14H2,1-4H3/t16-,17?,19?,20?,21?,22?,24+,26+,27-,28+/m0/s1. The molecule has 33 heavy (non-hydrogen) atoms. The molecule has 6 rings (SSSR count). The molecule has 0 amide bonds. The van der Waals surface area contributed by atoms with Crippen LogP contribution in [0.4, 0.5) is 0 Å². The molecule has 6 aliphatic rings. The molecule has 0 aromatic carbocycles. The minimum absolute atomic E-state index is 0.112. The van der Waals surface area contributed by atoms with Crippen molar-refractivity contribution < 1.29 is 24.2 Å². The van der Waals surface area contributed by atoms with E-state index >= 15 is 0 Å². The van der Waals surface area contributed by atoms with E-state index in [-0.39, 0.29) is 52.9 Å². The van der Waals surface area contributed by atoms with Crippen LogP contribution in [-0.2, 0) is 19.1 Å². The highest BCUT2D eigenvalue weighted by Gasteiger charge is 2.77. The van der Waals surface area contributed by atoms with Gasteiger partial charge in [0.15, 0.2) is 5.78 Å². The maximum absolute atomic E-state index is 13.3. The molecule has 4 fully saturated rings. The van der Waals surface area contributed by atoms with Gasteiger partial charge in [-0.1, -0.05) is 25.5 Å². The van der Waals surface area contributed by atoms with Crippen molar-refractivity contribution in [2.24, 2.45) is 40.4 Å². The second kappa shape index (κ2) is 7.04. The summed E-state index contributed by atoms with van der Waals surface area (Å²) in [6.07, 6.45) is 11.3. The summed E-state index contributed by atoms with van der Waals surface area (Å²) in [6, 6.07) is 0. The largest absolute Gasteiger partial charge is 0.458 e. The maximum Gasteiger partial charge on any atom is 0.336 e. The third-order valence-corrected chi connectivity index (χ3v) is 11.5. The molecule has 0 bridgehead atoms. The van der Waals surface area contributed by atoms with Gasteiger partial charge in [-0.2, -0.15) is 0 Å². The van der Waals surface area contributed by atoms with Crippen LogP contribution in [0.5, 0.6) is 0 Å². The molecule has 5 nitrogen and oxygen atoms in total. The van der Waals surface area contributed by atoms with Crippen LogP contribution in [0.25, 0.3) is 0 Å². The molecule has 1 N–H and O–H groups in total. The lowest BCUT2D eigenvalue weighted by atomic mass is 9.44. The van der Waals surface area contributed by atoms with Gasteiger partial charge in [0.2, 0.25) is 0 Å². The molecule has 5 heteroatoms. The lowest BCUT2D eigenvalue weighted by Crippen LogP contribution is -2.60. The van der Waals surface area contributed by atoms with Crippen molar-refractivity contribution >= 4 is 11.8 Å². The van der Waals surface area contributed by atoms with Gasteiger partial charge in [-0.05, 0) is 93.5 Å². The van der Waals surface area contributed by atoms with Gasteiger partial charge in [0.1, 0.15) is 11.7 Å². The predicted molar refractivity (Wildman–Crippen MR) is 123 cm³/mol. The number of aliphatic hydroxyl groups excluding tert-OH is 1. The molecule has 0 aromatic rings. The average Bonchev–Trinajstić information content (AvgIpc) is 3.36. The van der Waals surface area contributed by atoms with Crippen LogP contribution in [0.15, 0.2) is 23.3 Å². The number of hydrogen-bond acceptors (Lipinski definition) is 5. The van der Waals surface area contributed by atoms with Crippen LogP contribution in [0.1, 0.15) is 72.6 Å². The van der Waals surface area contributed by atoms with Gasteiger partial charge in [0.25, 0.3) is 0 Å². The third-order valence-electron chi connectivity index (χ3n) is 11.5. The Hall–Kier alpha value is -1.46. The zero-order valence-electron chi connectivity index (χ0n) is 20.4. The summed E-state index contributed by atoms with van der Waals surface area (Å²) >= 11 is 0. The summed E-state index contributed by atoms with van der Waals surface area (Å²) in [7, 11) is 0. The highest BCUT2D eigenvalue weighted by Crippen LogP contribution is 2.73. The predicted octanol–water partition coefficient (Wildman–Crippen LogP) is 4.38. The fourth-order valence-corrected chi connectivity index (χ4v) is 9.61. The zero-order valence-corrected chi connectivity index (χ0v) is 20.4. The SMILES string of the molecule is CC1=C(CO)C(=O)OC([C@@H](C)C2CCC3C4C[C@H]5O[C@]56CC=CC(=O)[C@]6(C)C4CC[C@@]32C)C1. The van der Waals surface area contributed by atoms with Gasteiger partial charge >= 0.3 is 5.97 Å². The number of ether oxygens (including phenoxy) is 2. The van der Waals surface area contributed by atoms with Gasteiger partial charge in [0.05, 0.1) is 23.7 Å². The first-order valence-corrected chi connectivity index (χ1v) is 13.1. The number of aliphatic hydroxyl groups is 1. The molecule has 0 aromatic heterocycles. The minimum Gasteiger partial charge on any atom is -0.458 e. The average molecular weight is 455 g/mol. The van der Waals surface area contributed by atoms with Crippen LogP contribution in [0.2, 0.25) is 0 Å². The summed E-state index contributed by atoms with van der Waals surface area (Å²) in [5.41, 5.74) is 1.01. The van der Waals surface area contributed by atoms with Gasteiger partial charge in [0, 0.05) is 6.42 Å². The number of carbonyl (C=O) groups is 2. The highest BCUT2D eigenvalue weighted by molar-refractivity contribution is 5.97. The van der Waals surface area contributed by atoms with Crippen LogP contribution >= 0.6 is 0 Å².